The number of fused-ring (bicyclic) bond motifs is 2. The number of hydrogen-bond acceptors (Lipinski definition) is 3. The fourth-order valence-electron chi connectivity index (χ4n) is 3.81. The second kappa shape index (κ2) is 6.38. The Bertz CT molecular complexity index is 1090. The van der Waals surface area contributed by atoms with Gasteiger partial charge in [0.2, 0.25) is 5.76 Å². The highest BCUT2D eigenvalue weighted by Crippen LogP contribution is 2.37. The lowest BCUT2D eigenvalue weighted by Crippen LogP contribution is -2.25. The van der Waals surface area contributed by atoms with Crippen LogP contribution in [0, 0.1) is 0 Å². The minimum absolute atomic E-state index is 0.114. The molecule has 1 unspecified atom stereocenters. The normalized spacial score (nSPS) is 16.4. The van der Waals surface area contributed by atoms with Crippen molar-refractivity contribution < 1.29 is 9.21 Å². The Morgan fingerprint density at radius 2 is 1.78 bits per heavy atom. The van der Waals surface area contributed by atoms with E-state index in [4.69, 9.17) is 4.42 Å². The zero-order valence-electron chi connectivity index (χ0n) is 16.1. The van der Waals surface area contributed by atoms with E-state index in [-0.39, 0.29) is 17.1 Å². The predicted octanol–water partition coefficient (Wildman–Crippen LogP) is 4.65. The molecule has 0 radical (unpaired) electrons. The molecular weight excluding hydrogens is 338 g/mol. The predicted molar refractivity (Wildman–Crippen MR) is 106 cm³/mol. The molecule has 4 heteroatoms. The van der Waals surface area contributed by atoms with Gasteiger partial charge in [-0.25, -0.2) is 0 Å². The Balaban J connectivity index is 1.93. The van der Waals surface area contributed by atoms with Crippen molar-refractivity contribution in [3.63, 3.8) is 0 Å². The van der Waals surface area contributed by atoms with E-state index in [0.29, 0.717) is 22.5 Å². The summed E-state index contributed by atoms with van der Waals surface area (Å²) in [4.78, 5) is 27.7. The zero-order valence-corrected chi connectivity index (χ0v) is 16.1. The monoisotopic (exact) mass is 361 g/mol. The van der Waals surface area contributed by atoms with Crippen molar-refractivity contribution in [2.75, 3.05) is 7.05 Å². The number of carbonyl (C=O) groups is 1. The molecule has 0 saturated carbocycles. The molecular formula is C23H23NO3. The van der Waals surface area contributed by atoms with Gasteiger partial charge in [0.15, 0.2) is 5.43 Å². The molecule has 3 aromatic rings. The first-order chi connectivity index (χ1) is 12.9. The number of benzene rings is 2. The van der Waals surface area contributed by atoms with Gasteiger partial charge in [0, 0.05) is 7.05 Å². The van der Waals surface area contributed by atoms with Gasteiger partial charge >= 0.3 is 0 Å². The van der Waals surface area contributed by atoms with Crippen LogP contribution in [0.4, 0.5) is 0 Å². The van der Waals surface area contributed by atoms with E-state index in [9.17, 15) is 9.59 Å². The summed E-state index contributed by atoms with van der Waals surface area (Å²) in [7, 11) is 1.72. The van der Waals surface area contributed by atoms with Crippen molar-refractivity contribution in [2.45, 2.75) is 39.2 Å². The summed E-state index contributed by atoms with van der Waals surface area (Å²) in [6.45, 7) is 6.33. The smallest absolute Gasteiger partial charge is 0.290 e. The largest absolute Gasteiger partial charge is 0.450 e. The van der Waals surface area contributed by atoms with Crippen LogP contribution in [-0.4, -0.2) is 17.9 Å². The SMILES string of the molecule is CCc1ccc2oc3c(c(=O)c2c1)C(c1ccc(C(C)C)cc1)N(C)C3=O. The van der Waals surface area contributed by atoms with Crippen molar-refractivity contribution in [1.82, 2.24) is 4.90 Å². The van der Waals surface area contributed by atoms with Crippen molar-refractivity contribution >= 4 is 16.9 Å². The van der Waals surface area contributed by atoms with Gasteiger partial charge in [-0.3, -0.25) is 9.59 Å². The lowest BCUT2D eigenvalue weighted by Gasteiger charge is -2.20. The maximum absolute atomic E-state index is 13.3. The first-order valence-electron chi connectivity index (χ1n) is 9.39. The van der Waals surface area contributed by atoms with Crippen molar-refractivity contribution in [1.29, 1.82) is 0 Å². The lowest BCUT2D eigenvalue weighted by atomic mass is 9.95. The Morgan fingerprint density at radius 3 is 2.41 bits per heavy atom. The Labute approximate surface area is 158 Å². The van der Waals surface area contributed by atoms with Crippen LogP contribution < -0.4 is 5.43 Å². The second-order valence-electron chi connectivity index (χ2n) is 7.50. The molecule has 27 heavy (non-hydrogen) atoms. The summed E-state index contributed by atoms with van der Waals surface area (Å²) in [5.74, 6) is 0.342. The van der Waals surface area contributed by atoms with Crippen LogP contribution in [0.5, 0.6) is 0 Å². The number of amides is 1. The minimum Gasteiger partial charge on any atom is -0.450 e. The summed E-state index contributed by atoms with van der Waals surface area (Å²) in [5, 5.41) is 0.542. The molecule has 2 heterocycles. The number of aryl methyl sites for hydroxylation is 1. The van der Waals surface area contributed by atoms with Gasteiger partial charge in [-0.2, -0.15) is 0 Å². The van der Waals surface area contributed by atoms with Crippen LogP contribution in [0.25, 0.3) is 11.0 Å². The fourth-order valence-corrected chi connectivity index (χ4v) is 3.81. The Hall–Kier alpha value is -2.88. The van der Waals surface area contributed by atoms with E-state index < -0.39 is 6.04 Å². The average molecular weight is 361 g/mol. The topological polar surface area (TPSA) is 50.5 Å². The van der Waals surface area contributed by atoms with E-state index in [1.54, 1.807) is 18.0 Å². The summed E-state index contributed by atoms with van der Waals surface area (Å²) in [5.41, 5.74) is 4.02. The van der Waals surface area contributed by atoms with Crippen LogP contribution in [0.3, 0.4) is 0 Å². The molecule has 0 N–H and O–H groups in total. The van der Waals surface area contributed by atoms with Gasteiger partial charge in [-0.05, 0) is 41.2 Å². The van der Waals surface area contributed by atoms with Gasteiger partial charge < -0.3 is 9.32 Å². The molecule has 4 nitrogen and oxygen atoms in total. The van der Waals surface area contributed by atoms with Crippen LogP contribution in [-0.2, 0) is 6.42 Å². The molecule has 0 aliphatic carbocycles. The summed E-state index contributed by atoms with van der Waals surface area (Å²) < 4.78 is 5.89. The zero-order chi connectivity index (χ0) is 19.3. The molecule has 1 atom stereocenters. The summed E-state index contributed by atoms with van der Waals surface area (Å²) in [6.07, 6.45) is 0.839. The summed E-state index contributed by atoms with van der Waals surface area (Å²) in [6, 6.07) is 13.3. The van der Waals surface area contributed by atoms with E-state index in [1.165, 1.54) is 5.56 Å². The number of nitrogens with zero attached hydrogens (tertiary/aromatic N) is 1. The van der Waals surface area contributed by atoms with Crippen LogP contribution in [0.15, 0.2) is 51.7 Å². The highest BCUT2D eigenvalue weighted by atomic mass is 16.3. The third kappa shape index (κ3) is 2.67. The molecule has 4 rings (SSSR count). The van der Waals surface area contributed by atoms with E-state index in [0.717, 1.165) is 17.5 Å². The van der Waals surface area contributed by atoms with Gasteiger partial charge in [0.25, 0.3) is 5.91 Å². The van der Waals surface area contributed by atoms with Crippen molar-refractivity contribution in [3.05, 3.63) is 80.7 Å². The molecule has 1 aliphatic heterocycles. The van der Waals surface area contributed by atoms with E-state index in [2.05, 4.69) is 26.0 Å². The summed E-state index contributed by atoms with van der Waals surface area (Å²) >= 11 is 0. The van der Waals surface area contributed by atoms with E-state index in [1.807, 2.05) is 31.2 Å². The fraction of sp³-hybridized carbons (Fsp3) is 0.304. The van der Waals surface area contributed by atoms with Crippen molar-refractivity contribution in [3.8, 4) is 0 Å². The van der Waals surface area contributed by atoms with E-state index >= 15 is 0 Å². The first-order valence-corrected chi connectivity index (χ1v) is 9.39. The maximum atomic E-state index is 13.3. The van der Waals surface area contributed by atoms with Crippen LogP contribution >= 0.6 is 0 Å². The van der Waals surface area contributed by atoms with Gasteiger partial charge in [-0.1, -0.05) is 51.1 Å². The number of rotatable bonds is 3. The van der Waals surface area contributed by atoms with Crippen LogP contribution in [0.2, 0.25) is 0 Å². The molecule has 1 amide bonds. The molecule has 1 aliphatic rings. The van der Waals surface area contributed by atoms with Gasteiger partial charge in [-0.15, -0.1) is 0 Å². The standard InChI is InChI=1S/C23H23NO3/c1-5-14-6-11-18-17(12-14)21(25)19-20(24(4)23(26)22(19)27-18)16-9-7-15(8-10-16)13(2)3/h6-13,20H,5H2,1-4H3. The number of hydrogen-bond donors (Lipinski definition) is 0. The third-order valence-corrected chi connectivity index (χ3v) is 5.49. The molecule has 0 saturated heterocycles. The molecule has 0 spiro atoms. The molecule has 2 aromatic carbocycles. The average Bonchev–Trinajstić information content (AvgIpc) is 2.93. The maximum Gasteiger partial charge on any atom is 0.290 e. The highest BCUT2D eigenvalue weighted by molar-refractivity contribution is 5.98. The second-order valence-corrected chi connectivity index (χ2v) is 7.50. The van der Waals surface area contributed by atoms with Gasteiger partial charge in [0.1, 0.15) is 5.58 Å². The van der Waals surface area contributed by atoms with Gasteiger partial charge in [0.05, 0.1) is 17.0 Å². The quantitative estimate of drug-likeness (QED) is 0.682. The van der Waals surface area contributed by atoms with Crippen molar-refractivity contribution in [2.24, 2.45) is 0 Å². The lowest BCUT2D eigenvalue weighted by molar-refractivity contribution is 0.0771. The number of carbonyl (C=O) groups excluding carboxylic acids is 1. The minimum atomic E-state index is -0.417. The van der Waals surface area contributed by atoms with Crippen LogP contribution in [0.1, 0.15) is 65.5 Å². The molecule has 138 valence electrons. The molecule has 0 fully saturated rings. The Morgan fingerprint density at radius 1 is 1.07 bits per heavy atom. The molecule has 1 aromatic heterocycles. The Kier molecular flexibility index (Phi) is 4.14. The highest BCUT2D eigenvalue weighted by Gasteiger charge is 2.40. The molecule has 0 bridgehead atoms. The third-order valence-electron chi connectivity index (χ3n) is 5.49. The first kappa shape index (κ1) is 17.5.